The van der Waals surface area contributed by atoms with Gasteiger partial charge in [0.25, 0.3) is 11.8 Å². The third-order valence-corrected chi connectivity index (χ3v) is 5.84. The summed E-state index contributed by atoms with van der Waals surface area (Å²) >= 11 is 0. The monoisotopic (exact) mass is 426 g/mol. The summed E-state index contributed by atoms with van der Waals surface area (Å²) in [5, 5.41) is 20.3. The van der Waals surface area contributed by atoms with Gasteiger partial charge in [0.1, 0.15) is 5.76 Å². The summed E-state index contributed by atoms with van der Waals surface area (Å²) in [6.07, 6.45) is 1.96. The highest BCUT2D eigenvalue weighted by molar-refractivity contribution is 6.24. The van der Waals surface area contributed by atoms with Crippen LogP contribution >= 0.6 is 0 Å². The molecular formula is C24H30N2O5. The van der Waals surface area contributed by atoms with Crippen LogP contribution in [0.2, 0.25) is 0 Å². The quantitative estimate of drug-likeness (QED) is 0.394. The van der Waals surface area contributed by atoms with Gasteiger partial charge >= 0.3 is 0 Å². The molecule has 0 aromatic heterocycles. The second-order valence-corrected chi connectivity index (χ2v) is 8.99. The second kappa shape index (κ2) is 9.14. The third kappa shape index (κ3) is 4.77. The molecule has 2 N–H and O–H groups in total. The van der Waals surface area contributed by atoms with E-state index in [1.807, 2.05) is 20.8 Å². The lowest BCUT2D eigenvalue weighted by Gasteiger charge is -2.32. The van der Waals surface area contributed by atoms with Crippen LogP contribution in [-0.2, 0) is 4.79 Å². The van der Waals surface area contributed by atoms with Gasteiger partial charge in [0.05, 0.1) is 29.3 Å². The van der Waals surface area contributed by atoms with E-state index in [4.69, 9.17) is 0 Å². The predicted molar refractivity (Wildman–Crippen MR) is 117 cm³/mol. The van der Waals surface area contributed by atoms with Gasteiger partial charge in [0, 0.05) is 25.1 Å². The minimum absolute atomic E-state index is 0.0661. The number of aliphatic hydroxyl groups is 2. The van der Waals surface area contributed by atoms with E-state index >= 15 is 0 Å². The van der Waals surface area contributed by atoms with Gasteiger partial charge in [-0.05, 0) is 36.8 Å². The van der Waals surface area contributed by atoms with Crippen molar-refractivity contribution in [1.82, 2.24) is 4.90 Å². The standard InChI is InChI=1S/C24H30N2O5/c1-4-15(14-27)25-18-12-24(2,3)13-20(29)21(18)19(28)10-7-11-26-22(30)16-8-5-6-9-17(16)23(26)31/h5-6,8-9,15,27-28H,4,7,10-14H2,1-3H3/t15-/m1/s1. The molecule has 0 spiro atoms. The number of carbonyl (C=O) groups is 3. The number of benzene rings is 1. The van der Waals surface area contributed by atoms with Crippen LogP contribution < -0.4 is 0 Å². The molecule has 2 amide bonds. The smallest absolute Gasteiger partial charge is 0.261 e. The van der Waals surface area contributed by atoms with Crippen LogP contribution in [0.4, 0.5) is 0 Å². The number of allylic oxidation sites excluding steroid dienone is 2. The number of aliphatic imine (C=N–C) groups is 1. The molecule has 31 heavy (non-hydrogen) atoms. The van der Waals surface area contributed by atoms with Crippen LogP contribution in [0.15, 0.2) is 40.6 Å². The molecule has 0 radical (unpaired) electrons. The fourth-order valence-corrected chi connectivity index (χ4v) is 4.18. The number of rotatable bonds is 7. The van der Waals surface area contributed by atoms with Crippen molar-refractivity contribution in [1.29, 1.82) is 0 Å². The largest absolute Gasteiger partial charge is 0.511 e. The molecule has 7 nitrogen and oxygen atoms in total. The lowest BCUT2D eigenvalue weighted by Crippen LogP contribution is -2.34. The van der Waals surface area contributed by atoms with Crippen LogP contribution in [0.3, 0.4) is 0 Å². The number of hydrogen-bond acceptors (Lipinski definition) is 6. The van der Waals surface area contributed by atoms with Gasteiger partial charge in [-0.1, -0.05) is 32.9 Å². The van der Waals surface area contributed by atoms with Crippen LogP contribution in [0.25, 0.3) is 0 Å². The topological polar surface area (TPSA) is 107 Å². The van der Waals surface area contributed by atoms with Crippen LogP contribution in [0.1, 0.15) is 73.6 Å². The normalized spacial score (nSPS) is 22.1. The van der Waals surface area contributed by atoms with E-state index in [2.05, 4.69) is 4.99 Å². The number of nitrogens with zero attached hydrogens (tertiary/aromatic N) is 2. The molecule has 1 heterocycles. The lowest BCUT2D eigenvalue weighted by atomic mass is 9.73. The van der Waals surface area contributed by atoms with E-state index in [1.54, 1.807) is 24.3 Å². The average molecular weight is 427 g/mol. The number of imide groups is 1. The molecule has 166 valence electrons. The van der Waals surface area contributed by atoms with Crippen LogP contribution in [0, 0.1) is 5.41 Å². The van der Waals surface area contributed by atoms with Gasteiger partial charge in [-0.2, -0.15) is 0 Å². The highest BCUT2D eigenvalue weighted by atomic mass is 16.3. The first kappa shape index (κ1) is 22.9. The number of Topliss-reactive ketones (excluding diaryl/α,β-unsaturated/α-hetero) is 1. The van der Waals surface area contributed by atoms with Gasteiger partial charge in [0.15, 0.2) is 5.78 Å². The Morgan fingerprint density at radius 2 is 1.74 bits per heavy atom. The molecular weight excluding hydrogens is 396 g/mol. The first-order valence-electron chi connectivity index (χ1n) is 10.8. The maximum atomic E-state index is 12.8. The van der Waals surface area contributed by atoms with Gasteiger partial charge in [-0.25, -0.2) is 0 Å². The number of ketones is 1. The molecule has 1 aliphatic carbocycles. The minimum atomic E-state index is -0.334. The predicted octanol–water partition coefficient (Wildman–Crippen LogP) is 3.48. The third-order valence-electron chi connectivity index (χ3n) is 5.84. The summed E-state index contributed by atoms with van der Waals surface area (Å²) in [5.74, 6) is -0.900. The molecule has 1 fully saturated rings. The summed E-state index contributed by atoms with van der Waals surface area (Å²) in [6, 6.07) is 6.38. The minimum Gasteiger partial charge on any atom is -0.511 e. The number of amides is 2. The number of aliphatic hydroxyl groups excluding tert-OH is 2. The van der Waals surface area contributed by atoms with Gasteiger partial charge < -0.3 is 10.2 Å². The van der Waals surface area contributed by atoms with Gasteiger partial charge in [-0.3, -0.25) is 24.3 Å². The molecule has 0 saturated heterocycles. The first-order chi connectivity index (χ1) is 14.7. The van der Waals surface area contributed by atoms with Crippen molar-refractivity contribution in [3.05, 3.63) is 46.7 Å². The van der Waals surface area contributed by atoms with Crippen molar-refractivity contribution in [2.45, 2.75) is 58.9 Å². The Kier molecular flexibility index (Phi) is 6.74. The Bertz CT molecular complexity index is 921. The van der Waals surface area contributed by atoms with E-state index in [-0.39, 0.29) is 60.0 Å². The number of hydrogen-bond donors (Lipinski definition) is 2. The number of carbonyl (C=O) groups excluding carboxylic acids is 3. The van der Waals surface area contributed by atoms with E-state index in [1.165, 1.54) is 4.90 Å². The Morgan fingerprint density at radius 3 is 2.29 bits per heavy atom. The Hall–Kier alpha value is -2.80. The molecule has 1 aromatic carbocycles. The SMILES string of the molecule is CC[C@H](CO)N=C1CC(C)(C)CC(=O)C1=C(O)CCCN1C(=O)c2ccccc2C1=O. The first-order valence-corrected chi connectivity index (χ1v) is 10.8. The zero-order valence-electron chi connectivity index (χ0n) is 18.4. The van der Waals surface area contributed by atoms with Gasteiger partial charge in [-0.15, -0.1) is 0 Å². The van der Waals surface area contributed by atoms with Crippen molar-refractivity contribution in [3.63, 3.8) is 0 Å². The Balaban J connectivity index is 1.76. The van der Waals surface area contributed by atoms with Crippen LogP contribution in [0.5, 0.6) is 0 Å². The molecule has 3 rings (SSSR count). The highest BCUT2D eigenvalue weighted by Gasteiger charge is 2.37. The molecule has 7 heteroatoms. The van der Waals surface area contributed by atoms with E-state index < -0.39 is 0 Å². The lowest BCUT2D eigenvalue weighted by molar-refractivity contribution is -0.117. The van der Waals surface area contributed by atoms with E-state index in [0.29, 0.717) is 42.5 Å². The molecule has 1 aromatic rings. The summed E-state index contributed by atoms with van der Waals surface area (Å²) < 4.78 is 0. The number of fused-ring (bicyclic) bond motifs is 1. The maximum absolute atomic E-state index is 12.8. The van der Waals surface area contributed by atoms with Gasteiger partial charge in [0.2, 0.25) is 0 Å². The fraction of sp³-hybridized carbons (Fsp3) is 0.500. The molecule has 1 saturated carbocycles. The van der Waals surface area contributed by atoms with Crippen molar-refractivity contribution < 1.29 is 24.6 Å². The second-order valence-electron chi connectivity index (χ2n) is 8.99. The summed E-state index contributed by atoms with van der Waals surface area (Å²) in [7, 11) is 0. The molecule has 1 aliphatic heterocycles. The average Bonchev–Trinajstić information content (AvgIpc) is 2.96. The maximum Gasteiger partial charge on any atom is 0.261 e. The Morgan fingerprint density at radius 1 is 1.13 bits per heavy atom. The molecule has 0 bridgehead atoms. The summed E-state index contributed by atoms with van der Waals surface area (Å²) in [6.45, 7) is 5.91. The van der Waals surface area contributed by atoms with Crippen molar-refractivity contribution in [2.24, 2.45) is 10.4 Å². The van der Waals surface area contributed by atoms with E-state index in [0.717, 1.165) is 0 Å². The van der Waals surface area contributed by atoms with Crippen molar-refractivity contribution in [2.75, 3.05) is 13.2 Å². The fourth-order valence-electron chi connectivity index (χ4n) is 4.18. The molecule has 0 unspecified atom stereocenters. The zero-order valence-corrected chi connectivity index (χ0v) is 18.4. The molecule has 1 atom stereocenters. The zero-order chi connectivity index (χ0) is 22.8. The van der Waals surface area contributed by atoms with Crippen molar-refractivity contribution >= 4 is 23.3 Å². The van der Waals surface area contributed by atoms with E-state index in [9.17, 15) is 24.6 Å². The van der Waals surface area contributed by atoms with Crippen LogP contribution in [-0.4, -0.2) is 57.6 Å². The Labute approximate surface area is 182 Å². The molecule has 2 aliphatic rings. The summed E-state index contributed by atoms with van der Waals surface area (Å²) in [4.78, 5) is 43.5. The van der Waals surface area contributed by atoms with Crippen molar-refractivity contribution in [3.8, 4) is 0 Å². The summed E-state index contributed by atoms with van der Waals surface area (Å²) in [5.41, 5.74) is 1.27. The highest BCUT2D eigenvalue weighted by Crippen LogP contribution is 2.36.